The SMILES string of the molecule is C[C@H](NC(=O)[C@H](CCC(=O)N1CCCC[C@@H]1C)NC(=O)CC1CCOCC1)c1ncc(-c2ccc(F)cc2F)[nH]1. The quantitative estimate of drug-likeness (QED) is 0.407. The number of hydrogen-bond donors (Lipinski definition) is 3. The van der Waals surface area contributed by atoms with Gasteiger partial charge in [0.2, 0.25) is 17.7 Å². The first-order chi connectivity index (χ1) is 19.2. The van der Waals surface area contributed by atoms with Gasteiger partial charge in [0.1, 0.15) is 23.5 Å². The molecular formula is C29H39F2N5O4. The third kappa shape index (κ3) is 7.87. The number of nitrogens with one attached hydrogen (secondary N) is 3. The smallest absolute Gasteiger partial charge is 0.243 e. The van der Waals surface area contributed by atoms with E-state index in [0.29, 0.717) is 37.7 Å². The average Bonchev–Trinajstić information content (AvgIpc) is 3.42. The molecule has 218 valence electrons. The maximum absolute atomic E-state index is 14.2. The second-order valence-corrected chi connectivity index (χ2v) is 10.9. The van der Waals surface area contributed by atoms with Gasteiger partial charge in [0, 0.05) is 50.3 Å². The summed E-state index contributed by atoms with van der Waals surface area (Å²) in [7, 11) is 0. The van der Waals surface area contributed by atoms with Gasteiger partial charge in [-0.3, -0.25) is 14.4 Å². The lowest BCUT2D eigenvalue weighted by Gasteiger charge is -2.34. The normalized spacial score (nSPS) is 19.6. The number of halogens is 2. The standard InChI is InChI=1S/C29H39F2N5O4/c1-18-5-3-4-12-36(18)27(38)9-8-24(34-26(37)15-20-10-13-40-14-11-20)29(39)33-19(2)28-32-17-25(35-28)22-7-6-21(30)16-23(22)31/h6-7,16-20,24H,3-5,8-15H2,1-2H3,(H,32,35)(H,33,39)(H,34,37)/t18-,19-,24-/m0/s1. The number of piperidine rings is 1. The number of aromatic amines is 1. The van der Waals surface area contributed by atoms with Gasteiger partial charge < -0.3 is 25.3 Å². The van der Waals surface area contributed by atoms with E-state index in [-0.39, 0.29) is 42.2 Å². The summed E-state index contributed by atoms with van der Waals surface area (Å²) in [5, 5.41) is 5.72. The fourth-order valence-corrected chi connectivity index (χ4v) is 5.40. The monoisotopic (exact) mass is 559 g/mol. The summed E-state index contributed by atoms with van der Waals surface area (Å²) in [5.41, 5.74) is 0.499. The van der Waals surface area contributed by atoms with Crippen molar-refractivity contribution in [3.8, 4) is 11.3 Å². The third-order valence-electron chi connectivity index (χ3n) is 7.82. The minimum Gasteiger partial charge on any atom is -0.381 e. The van der Waals surface area contributed by atoms with Crippen LogP contribution in [0.1, 0.15) is 77.1 Å². The van der Waals surface area contributed by atoms with Crippen LogP contribution in [0.3, 0.4) is 0 Å². The van der Waals surface area contributed by atoms with Crippen molar-refractivity contribution in [1.82, 2.24) is 25.5 Å². The molecule has 4 rings (SSSR count). The molecule has 0 aliphatic carbocycles. The van der Waals surface area contributed by atoms with Gasteiger partial charge in [0.05, 0.1) is 17.9 Å². The van der Waals surface area contributed by atoms with Crippen molar-refractivity contribution in [2.45, 2.75) is 83.3 Å². The summed E-state index contributed by atoms with van der Waals surface area (Å²) >= 11 is 0. The Kier molecular flexibility index (Phi) is 10.2. The maximum atomic E-state index is 14.2. The highest BCUT2D eigenvalue weighted by Gasteiger charge is 2.29. The number of likely N-dealkylation sites (tertiary alicyclic amines) is 1. The van der Waals surface area contributed by atoms with Gasteiger partial charge >= 0.3 is 0 Å². The van der Waals surface area contributed by atoms with Crippen LogP contribution in [-0.4, -0.2) is 64.4 Å². The molecular weight excluding hydrogens is 520 g/mol. The molecule has 0 saturated carbocycles. The van der Waals surface area contributed by atoms with E-state index in [1.54, 1.807) is 6.92 Å². The Morgan fingerprint density at radius 1 is 1.15 bits per heavy atom. The van der Waals surface area contributed by atoms with Crippen molar-refractivity contribution in [3.63, 3.8) is 0 Å². The Bertz CT molecular complexity index is 1180. The predicted octanol–water partition coefficient (Wildman–Crippen LogP) is 4.01. The molecule has 2 aliphatic heterocycles. The number of amides is 3. The zero-order valence-electron chi connectivity index (χ0n) is 23.2. The Balaban J connectivity index is 1.41. The molecule has 0 radical (unpaired) electrons. The molecule has 3 amide bonds. The fourth-order valence-electron chi connectivity index (χ4n) is 5.40. The van der Waals surface area contributed by atoms with Gasteiger partial charge in [0.25, 0.3) is 0 Å². The van der Waals surface area contributed by atoms with E-state index >= 15 is 0 Å². The van der Waals surface area contributed by atoms with Crippen LogP contribution in [-0.2, 0) is 19.1 Å². The van der Waals surface area contributed by atoms with Crippen LogP contribution in [0.2, 0.25) is 0 Å². The van der Waals surface area contributed by atoms with E-state index in [0.717, 1.165) is 44.2 Å². The van der Waals surface area contributed by atoms with Crippen LogP contribution in [0.25, 0.3) is 11.3 Å². The molecule has 2 aliphatic rings. The number of benzene rings is 1. The van der Waals surface area contributed by atoms with E-state index in [1.807, 2.05) is 11.8 Å². The molecule has 0 spiro atoms. The molecule has 2 saturated heterocycles. The van der Waals surface area contributed by atoms with Crippen LogP contribution in [0, 0.1) is 17.6 Å². The van der Waals surface area contributed by atoms with Crippen LogP contribution < -0.4 is 10.6 Å². The topological polar surface area (TPSA) is 116 Å². The summed E-state index contributed by atoms with van der Waals surface area (Å²) in [6.45, 7) is 5.69. The number of rotatable bonds is 10. The minimum atomic E-state index is -0.900. The average molecular weight is 560 g/mol. The predicted molar refractivity (Wildman–Crippen MR) is 145 cm³/mol. The highest BCUT2D eigenvalue weighted by molar-refractivity contribution is 5.88. The molecule has 1 aromatic carbocycles. The first-order valence-electron chi connectivity index (χ1n) is 14.2. The minimum absolute atomic E-state index is 0.0197. The molecule has 3 heterocycles. The molecule has 3 N–H and O–H groups in total. The Labute approximate surface area is 233 Å². The van der Waals surface area contributed by atoms with Crippen molar-refractivity contribution in [3.05, 3.63) is 41.9 Å². The fraction of sp³-hybridized carbons (Fsp3) is 0.586. The number of ether oxygens (including phenoxy) is 1. The van der Waals surface area contributed by atoms with Gasteiger partial charge in [-0.1, -0.05) is 0 Å². The lowest BCUT2D eigenvalue weighted by Crippen LogP contribution is -2.49. The van der Waals surface area contributed by atoms with Gasteiger partial charge in [-0.25, -0.2) is 13.8 Å². The second kappa shape index (κ2) is 13.8. The zero-order chi connectivity index (χ0) is 28.6. The van der Waals surface area contributed by atoms with E-state index in [2.05, 4.69) is 20.6 Å². The largest absolute Gasteiger partial charge is 0.381 e. The number of H-pyrrole nitrogens is 1. The molecule has 1 aromatic heterocycles. The lowest BCUT2D eigenvalue weighted by atomic mass is 9.96. The number of nitrogens with zero attached hydrogens (tertiary/aromatic N) is 2. The molecule has 0 bridgehead atoms. The number of aromatic nitrogens is 2. The zero-order valence-corrected chi connectivity index (χ0v) is 23.2. The third-order valence-corrected chi connectivity index (χ3v) is 7.82. The summed E-state index contributed by atoms with van der Waals surface area (Å²) in [4.78, 5) is 48.3. The first-order valence-corrected chi connectivity index (χ1v) is 14.2. The summed E-state index contributed by atoms with van der Waals surface area (Å²) in [6.07, 6.45) is 6.63. The molecule has 0 unspecified atom stereocenters. The Morgan fingerprint density at radius 3 is 2.65 bits per heavy atom. The molecule has 40 heavy (non-hydrogen) atoms. The highest BCUT2D eigenvalue weighted by atomic mass is 19.1. The van der Waals surface area contributed by atoms with Crippen molar-refractivity contribution < 1.29 is 27.9 Å². The second-order valence-electron chi connectivity index (χ2n) is 10.9. The first kappa shape index (κ1) is 29.6. The van der Waals surface area contributed by atoms with Crippen molar-refractivity contribution in [2.24, 2.45) is 5.92 Å². The maximum Gasteiger partial charge on any atom is 0.243 e. The number of carbonyl (C=O) groups excluding carboxylic acids is 3. The number of imidazole rings is 1. The van der Waals surface area contributed by atoms with E-state index < -0.39 is 29.6 Å². The van der Waals surface area contributed by atoms with Crippen LogP contribution in [0.5, 0.6) is 0 Å². The van der Waals surface area contributed by atoms with E-state index in [9.17, 15) is 23.2 Å². The van der Waals surface area contributed by atoms with Gasteiger partial charge in [-0.15, -0.1) is 0 Å². The molecule has 3 atom stereocenters. The van der Waals surface area contributed by atoms with Crippen LogP contribution in [0.4, 0.5) is 8.78 Å². The van der Waals surface area contributed by atoms with Gasteiger partial charge in [-0.2, -0.15) is 0 Å². The number of hydrogen-bond acceptors (Lipinski definition) is 5. The van der Waals surface area contributed by atoms with Crippen LogP contribution in [0.15, 0.2) is 24.4 Å². The molecule has 11 heteroatoms. The summed E-state index contributed by atoms with van der Waals surface area (Å²) in [6, 6.07) is 1.93. The lowest BCUT2D eigenvalue weighted by molar-refractivity contribution is -0.135. The summed E-state index contributed by atoms with van der Waals surface area (Å²) in [5.74, 6) is -1.53. The van der Waals surface area contributed by atoms with E-state index in [1.165, 1.54) is 12.3 Å². The van der Waals surface area contributed by atoms with Crippen molar-refractivity contribution in [1.29, 1.82) is 0 Å². The van der Waals surface area contributed by atoms with Crippen molar-refractivity contribution in [2.75, 3.05) is 19.8 Å². The molecule has 2 fully saturated rings. The summed E-state index contributed by atoms with van der Waals surface area (Å²) < 4.78 is 32.9. The van der Waals surface area contributed by atoms with Crippen molar-refractivity contribution >= 4 is 17.7 Å². The molecule has 2 aromatic rings. The van der Waals surface area contributed by atoms with Gasteiger partial charge in [0.15, 0.2) is 0 Å². The van der Waals surface area contributed by atoms with Crippen LogP contribution >= 0.6 is 0 Å². The molecule has 9 nitrogen and oxygen atoms in total. The van der Waals surface area contributed by atoms with Gasteiger partial charge in [-0.05, 0) is 70.4 Å². The highest BCUT2D eigenvalue weighted by Crippen LogP contribution is 2.24. The Morgan fingerprint density at radius 2 is 1.93 bits per heavy atom. The van der Waals surface area contributed by atoms with E-state index in [4.69, 9.17) is 4.74 Å². The Hall–Kier alpha value is -3.34. The number of carbonyl (C=O) groups is 3.